The third kappa shape index (κ3) is 3.44. The third-order valence-electron chi connectivity index (χ3n) is 4.21. The smallest absolute Gasteiger partial charge is 0.123 e. The van der Waals surface area contributed by atoms with Crippen LogP contribution in [0.1, 0.15) is 37.8 Å². The first-order valence-corrected chi connectivity index (χ1v) is 7.29. The molecule has 1 saturated carbocycles. The Kier molecular flexibility index (Phi) is 5.26. The summed E-state index contributed by atoms with van der Waals surface area (Å²) in [5.41, 5.74) is 1.08. The fraction of sp³-hybridized carbons (Fsp3) is 0.625. The SMILES string of the molecule is COc1ccc(OC)c(C(C)NCC2CCCC2O)c1. The Morgan fingerprint density at radius 3 is 2.70 bits per heavy atom. The van der Waals surface area contributed by atoms with Crippen molar-refractivity contribution in [2.75, 3.05) is 20.8 Å². The van der Waals surface area contributed by atoms with Gasteiger partial charge in [-0.2, -0.15) is 0 Å². The summed E-state index contributed by atoms with van der Waals surface area (Å²) in [4.78, 5) is 0. The van der Waals surface area contributed by atoms with E-state index in [-0.39, 0.29) is 12.1 Å². The average Bonchev–Trinajstić information content (AvgIpc) is 2.89. The standard InChI is InChI=1S/C16H25NO3/c1-11(17-10-12-5-4-6-15(12)18)14-9-13(19-2)7-8-16(14)20-3/h7-9,11-12,15,17-18H,4-6,10H2,1-3H3. The van der Waals surface area contributed by atoms with Crippen molar-refractivity contribution in [3.8, 4) is 11.5 Å². The van der Waals surface area contributed by atoms with E-state index in [9.17, 15) is 5.11 Å². The largest absolute Gasteiger partial charge is 0.497 e. The van der Waals surface area contributed by atoms with Crippen LogP contribution >= 0.6 is 0 Å². The zero-order valence-corrected chi connectivity index (χ0v) is 12.6. The number of methoxy groups -OCH3 is 2. The van der Waals surface area contributed by atoms with Gasteiger partial charge in [0.1, 0.15) is 11.5 Å². The van der Waals surface area contributed by atoms with Crippen LogP contribution in [0.15, 0.2) is 18.2 Å². The maximum atomic E-state index is 9.87. The van der Waals surface area contributed by atoms with Crippen molar-refractivity contribution in [3.63, 3.8) is 0 Å². The number of benzene rings is 1. The van der Waals surface area contributed by atoms with E-state index in [1.54, 1.807) is 14.2 Å². The van der Waals surface area contributed by atoms with E-state index in [2.05, 4.69) is 12.2 Å². The van der Waals surface area contributed by atoms with E-state index in [0.717, 1.165) is 42.9 Å². The van der Waals surface area contributed by atoms with Crippen LogP contribution < -0.4 is 14.8 Å². The first-order valence-electron chi connectivity index (χ1n) is 7.29. The van der Waals surface area contributed by atoms with Gasteiger partial charge < -0.3 is 19.9 Å². The molecule has 2 N–H and O–H groups in total. The van der Waals surface area contributed by atoms with E-state index >= 15 is 0 Å². The Morgan fingerprint density at radius 2 is 2.10 bits per heavy atom. The van der Waals surface area contributed by atoms with Gasteiger partial charge in [0.2, 0.25) is 0 Å². The number of hydrogen-bond acceptors (Lipinski definition) is 4. The first kappa shape index (κ1) is 15.1. The Bertz CT molecular complexity index is 436. The van der Waals surface area contributed by atoms with Crippen molar-refractivity contribution < 1.29 is 14.6 Å². The number of rotatable bonds is 6. The number of aliphatic hydroxyl groups is 1. The summed E-state index contributed by atoms with van der Waals surface area (Å²) in [5, 5.41) is 13.4. The molecule has 0 spiro atoms. The Hall–Kier alpha value is -1.26. The minimum absolute atomic E-state index is 0.151. The molecule has 1 fully saturated rings. The molecule has 20 heavy (non-hydrogen) atoms. The lowest BCUT2D eigenvalue weighted by atomic mass is 10.0. The second-order valence-corrected chi connectivity index (χ2v) is 5.50. The van der Waals surface area contributed by atoms with Crippen molar-refractivity contribution in [2.45, 2.75) is 38.3 Å². The highest BCUT2D eigenvalue weighted by molar-refractivity contribution is 5.42. The van der Waals surface area contributed by atoms with Gasteiger partial charge in [-0.3, -0.25) is 0 Å². The summed E-state index contributed by atoms with van der Waals surface area (Å²) in [6, 6.07) is 5.99. The molecule has 0 saturated heterocycles. The molecule has 3 atom stereocenters. The minimum Gasteiger partial charge on any atom is -0.497 e. The summed E-state index contributed by atoms with van der Waals surface area (Å²) < 4.78 is 10.7. The van der Waals surface area contributed by atoms with Gasteiger partial charge in [-0.1, -0.05) is 6.42 Å². The Morgan fingerprint density at radius 1 is 1.30 bits per heavy atom. The number of nitrogens with one attached hydrogen (secondary N) is 1. The lowest BCUT2D eigenvalue weighted by molar-refractivity contribution is 0.130. The molecule has 0 amide bonds. The van der Waals surface area contributed by atoms with Gasteiger partial charge in [0.25, 0.3) is 0 Å². The maximum Gasteiger partial charge on any atom is 0.123 e. The highest BCUT2D eigenvalue weighted by Gasteiger charge is 2.25. The normalized spacial score (nSPS) is 23.6. The molecule has 1 aliphatic carbocycles. The van der Waals surface area contributed by atoms with Gasteiger partial charge in [-0.25, -0.2) is 0 Å². The van der Waals surface area contributed by atoms with Gasteiger partial charge in [0.05, 0.1) is 20.3 Å². The van der Waals surface area contributed by atoms with E-state index in [1.165, 1.54) is 0 Å². The molecule has 1 aliphatic rings. The van der Waals surface area contributed by atoms with E-state index in [0.29, 0.717) is 5.92 Å². The molecule has 2 rings (SSSR count). The van der Waals surface area contributed by atoms with Gasteiger partial charge >= 0.3 is 0 Å². The van der Waals surface area contributed by atoms with Gasteiger partial charge in [0, 0.05) is 18.2 Å². The monoisotopic (exact) mass is 279 g/mol. The lowest BCUT2D eigenvalue weighted by Gasteiger charge is -2.21. The number of aliphatic hydroxyl groups excluding tert-OH is 1. The average molecular weight is 279 g/mol. The zero-order valence-electron chi connectivity index (χ0n) is 12.6. The van der Waals surface area contributed by atoms with Crippen molar-refractivity contribution >= 4 is 0 Å². The summed E-state index contributed by atoms with van der Waals surface area (Å²) in [5.74, 6) is 2.06. The fourth-order valence-electron chi connectivity index (χ4n) is 2.87. The molecule has 0 radical (unpaired) electrons. The molecule has 112 valence electrons. The third-order valence-corrected chi connectivity index (χ3v) is 4.21. The fourth-order valence-corrected chi connectivity index (χ4v) is 2.87. The molecular formula is C16H25NO3. The second-order valence-electron chi connectivity index (χ2n) is 5.50. The lowest BCUT2D eigenvalue weighted by Crippen LogP contribution is -2.29. The molecule has 1 aromatic carbocycles. The topological polar surface area (TPSA) is 50.7 Å². The van der Waals surface area contributed by atoms with Crippen LogP contribution in [0.5, 0.6) is 11.5 Å². The van der Waals surface area contributed by atoms with Crippen LogP contribution in [-0.2, 0) is 0 Å². The van der Waals surface area contributed by atoms with Crippen LogP contribution in [0.3, 0.4) is 0 Å². The van der Waals surface area contributed by atoms with Gasteiger partial charge in [0.15, 0.2) is 0 Å². The Labute approximate surface area is 121 Å². The van der Waals surface area contributed by atoms with Crippen molar-refractivity contribution in [1.82, 2.24) is 5.32 Å². The molecule has 4 heteroatoms. The summed E-state index contributed by atoms with van der Waals surface area (Å²) in [6.07, 6.45) is 3.02. The molecule has 0 bridgehead atoms. The minimum atomic E-state index is -0.151. The van der Waals surface area contributed by atoms with Crippen molar-refractivity contribution in [1.29, 1.82) is 0 Å². The number of hydrogen-bond donors (Lipinski definition) is 2. The quantitative estimate of drug-likeness (QED) is 0.840. The molecule has 1 aromatic rings. The summed E-state index contributed by atoms with van der Waals surface area (Å²) in [6.45, 7) is 2.95. The van der Waals surface area contributed by atoms with Crippen molar-refractivity contribution in [3.05, 3.63) is 23.8 Å². The molecule has 0 aromatic heterocycles. The van der Waals surface area contributed by atoms with E-state index in [4.69, 9.17) is 9.47 Å². The molecule has 4 nitrogen and oxygen atoms in total. The van der Waals surface area contributed by atoms with Crippen LogP contribution in [0, 0.1) is 5.92 Å². The van der Waals surface area contributed by atoms with Crippen LogP contribution in [-0.4, -0.2) is 32.0 Å². The molecular weight excluding hydrogens is 254 g/mol. The number of ether oxygens (including phenoxy) is 2. The van der Waals surface area contributed by atoms with Crippen LogP contribution in [0.2, 0.25) is 0 Å². The maximum absolute atomic E-state index is 9.87. The Balaban J connectivity index is 2.02. The zero-order chi connectivity index (χ0) is 14.5. The van der Waals surface area contributed by atoms with Crippen LogP contribution in [0.25, 0.3) is 0 Å². The second kappa shape index (κ2) is 6.95. The van der Waals surface area contributed by atoms with Gasteiger partial charge in [-0.15, -0.1) is 0 Å². The summed E-state index contributed by atoms with van der Waals surface area (Å²) in [7, 11) is 3.34. The molecule has 0 heterocycles. The highest BCUT2D eigenvalue weighted by atomic mass is 16.5. The van der Waals surface area contributed by atoms with Crippen LogP contribution in [0.4, 0.5) is 0 Å². The summed E-state index contributed by atoms with van der Waals surface area (Å²) >= 11 is 0. The van der Waals surface area contributed by atoms with E-state index < -0.39 is 0 Å². The van der Waals surface area contributed by atoms with Gasteiger partial charge in [-0.05, 0) is 43.9 Å². The van der Waals surface area contributed by atoms with E-state index in [1.807, 2.05) is 18.2 Å². The highest BCUT2D eigenvalue weighted by Crippen LogP contribution is 2.30. The molecule has 3 unspecified atom stereocenters. The predicted octanol–water partition coefficient (Wildman–Crippen LogP) is 2.52. The van der Waals surface area contributed by atoms with Crippen molar-refractivity contribution in [2.24, 2.45) is 5.92 Å². The predicted molar refractivity (Wildman–Crippen MR) is 79.3 cm³/mol. The molecule has 0 aliphatic heterocycles. The first-order chi connectivity index (χ1) is 9.65.